The highest BCUT2D eigenvalue weighted by molar-refractivity contribution is 5.25. The molecule has 0 saturated carbocycles. The van der Waals surface area contributed by atoms with Crippen LogP contribution in [-0.4, -0.2) is 4.98 Å². The molecule has 0 spiro atoms. The average Bonchev–Trinajstić information content (AvgIpc) is 2.33. The first kappa shape index (κ1) is 12.6. The zero-order valence-electron chi connectivity index (χ0n) is 10.0. The minimum absolute atomic E-state index is 0.296. The number of pyridine rings is 1. The Labute approximate surface area is 104 Å². The van der Waals surface area contributed by atoms with E-state index in [2.05, 4.69) is 4.98 Å². The molecule has 1 unspecified atom stereocenters. The zero-order chi connectivity index (χ0) is 13.1. The van der Waals surface area contributed by atoms with Gasteiger partial charge >= 0.3 is 0 Å². The summed E-state index contributed by atoms with van der Waals surface area (Å²) in [6, 6.07) is 6.85. The smallest absolute Gasteiger partial charge is 0.129 e. The molecule has 2 rings (SSSR count). The largest absolute Gasteiger partial charge is 0.322 e. The number of benzene rings is 1. The summed E-state index contributed by atoms with van der Waals surface area (Å²) in [6.07, 6.45) is 1.95. The van der Waals surface area contributed by atoms with Crippen LogP contribution in [0.2, 0.25) is 0 Å². The second-order valence-electron chi connectivity index (χ2n) is 4.25. The Bertz CT molecular complexity index is 555. The monoisotopic (exact) mass is 248 g/mol. The summed E-state index contributed by atoms with van der Waals surface area (Å²) in [6.45, 7) is 1.91. The van der Waals surface area contributed by atoms with Crippen LogP contribution in [0, 0.1) is 18.6 Å². The zero-order valence-corrected chi connectivity index (χ0v) is 10.0. The van der Waals surface area contributed by atoms with Gasteiger partial charge in [-0.05, 0) is 36.6 Å². The standard InChI is InChI=1S/C14H14F2N2/c1-9-3-2-6-18-14(9)13(17)7-10-4-5-11(15)8-12(10)16/h2-6,8,13H,7,17H2,1H3. The highest BCUT2D eigenvalue weighted by atomic mass is 19.1. The number of nitrogens with two attached hydrogens (primary N) is 1. The van der Waals surface area contributed by atoms with E-state index in [1.807, 2.05) is 19.1 Å². The molecule has 0 aliphatic heterocycles. The molecule has 2 nitrogen and oxygen atoms in total. The van der Waals surface area contributed by atoms with Gasteiger partial charge in [-0.3, -0.25) is 4.98 Å². The third-order valence-electron chi connectivity index (χ3n) is 2.86. The average molecular weight is 248 g/mol. The van der Waals surface area contributed by atoms with Gasteiger partial charge in [0.15, 0.2) is 0 Å². The molecule has 2 aromatic rings. The molecule has 0 bridgehead atoms. The lowest BCUT2D eigenvalue weighted by atomic mass is 10.0. The fourth-order valence-corrected chi connectivity index (χ4v) is 1.91. The van der Waals surface area contributed by atoms with Crippen molar-refractivity contribution in [2.75, 3.05) is 0 Å². The number of aromatic nitrogens is 1. The Kier molecular flexibility index (Phi) is 3.67. The predicted molar refractivity (Wildman–Crippen MR) is 66.0 cm³/mol. The molecular weight excluding hydrogens is 234 g/mol. The van der Waals surface area contributed by atoms with E-state index in [4.69, 9.17) is 5.73 Å². The molecule has 0 radical (unpaired) electrons. The Morgan fingerprint density at radius 2 is 2.06 bits per heavy atom. The van der Waals surface area contributed by atoms with Crippen LogP contribution in [-0.2, 0) is 6.42 Å². The van der Waals surface area contributed by atoms with Crippen molar-refractivity contribution in [2.24, 2.45) is 5.73 Å². The lowest BCUT2D eigenvalue weighted by molar-refractivity contribution is 0.561. The first-order chi connectivity index (χ1) is 8.58. The summed E-state index contributed by atoms with van der Waals surface area (Å²) >= 11 is 0. The van der Waals surface area contributed by atoms with Gasteiger partial charge in [-0.1, -0.05) is 12.1 Å². The maximum atomic E-state index is 13.5. The van der Waals surface area contributed by atoms with Gasteiger partial charge in [-0.25, -0.2) is 8.78 Å². The van der Waals surface area contributed by atoms with Crippen molar-refractivity contribution in [1.82, 2.24) is 4.98 Å². The maximum absolute atomic E-state index is 13.5. The lowest BCUT2D eigenvalue weighted by Gasteiger charge is -2.13. The Balaban J connectivity index is 2.21. The first-order valence-corrected chi connectivity index (χ1v) is 5.69. The van der Waals surface area contributed by atoms with E-state index < -0.39 is 17.7 Å². The quantitative estimate of drug-likeness (QED) is 0.907. The molecule has 1 aromatic heterocycles. The molecule has 94 valence electrons. The van der Waals surface area contributed by atoms with E-state index in [1.165, 1.54) is 12.1 Å². The lowest BCUT2D eigenvalue weighted by Crippen LogP contribution is -2.17. The van der Waals surface area contributed by atoms with E-state index >= 15 is 0 Å². The van der Waals surface area contributed by atoms with Gasteiger partial charge in [0, 0.05) is 12.3 Å². The van der Waals surface area contributed by atoms with Crippen LogP contribution in [0.5, 0.6) is 0 Å². The van der Waals surface area contributed by atoms with Gasteiger partial charge in [-0.2, -0.15) is 0 Å². The number of nitrogens with zero attached hydrogens (tertiary/aromatic N) is 1. The second kappa shape index (κ2) is 5.23. The van der Waals surface area contributed by atoms with Crippen molar-refractivity contribution < 1.29 is 8.78 Å². The van der Waals surface area contributed by atoms with E-state index in [9.17, 15) is 8.78 Å². The van der Waals surface area contributed by atoms with Crippen LogP contribution >= 0.6 is 0 Å². The molecule has 0 fully saturated rings. The molecule has 1 heterocycles. The van der Waals surface area contributed by atoms with E-state index in [-0.39, 0.29) is 0 Å². The maximum Gasteiger partial charge on any atom is 0.129 e. The molecule has 0 aliphatic rings. The number of hydrogen-bond donors (Lipinski definition) is 1. The Morgan fingerprint density at radius 1 is 1.28 bits per heavy atom. The summed E-state index contributed by atoms with van der Waals surface area (Å²) in [4.78, 5) is 4.20. The molecule has 0 aliphatic carbocycles. The van der Waals surface area contributed by atoms with Crippen LogP contribution in [0.3, 0.4) is 0 Å². The second-order valence-corrected chi connectivity index (χ2v) is 4.25. The molecule has 0 amide bonds. The highest BCUT2D eigenvalue weighted by Crippen LogP contribution is 2.19. The summed E-state index contributed by atoms with van der Waals surface area (Å²) in [5.74, 6) is -1.15. The van der Waals surface area contributed by atoms with E-state index in [0.29, 0.717) is 12.0 Å². The number of halogens is 2. The summed E-state index contributed by atoms with van der Waals surface area (Å²) in [7, 11) is 0. The number of aryl methyl sites for hydroxylation is 1. The number of hydrogen-bond acceptors (Lipinski definition) is 2. The van der Waals surface area contributed by atoms with Crippen molar-refractivity contribution in [1.29, 1.82) is 0 Å². The van der Waals surface area contributed by atoms with Gasteiger partial charge in [0.2, 0.25) is 0 Å². The molecule has 0 saturated heterocycles. The SMILES string of the molecule is Cc1cccnc1C(N)Cc1ccc(F)cc1F. The minimum atomic E-state index is -0.584. The van der Waals surface area contributed by atoms with E-state index in [1.54, 1.807) is 6.20 Å². The van der Waals surface area contributed by atoms with Crippen LogP contribution in [0.4, 0.5) is 8.78 Å². The third kappa shape index (κ3) is 2.71. The minimum Gasteiger partial charge on any atom is -0.322 e. The third-order valence-corrected chi connectivity index (χ3v) is 2.86. The van der Waals surface area contributed by atoms with Crippen molar-refractivity contribution in [3.8, 4) is 0 Å². The number of rotatable bonds is 3. The first-order valence-electron chi connectivity index (χ1n) is 5.69. The molecule has 18 heavy (non-hydrogen) atoms. The summed E-state index contributed by atoms with van der Waals surface area (Å²) < 4.78 is 26.3. The molecule has 1 aromatic carbocycles. The van der Waals surface area contributed by atoms with E-state index in [0.717, 1.165) is 17.3 Å². The van der Waals surface area contributed by atoms with Crippen LogP contribution in [0.15, 0.2) is 36.5 Å². The van der Waals surface area contributed by atoms with Crippen molar-refractivity contribution in [2.45, 2.75) is 19.4 Å². The van der Waals surface area contributed by atoms with Crippen LogP contribution < -0.4 is 5.73 Å². The molecular formula is C14H14F2N2. The van der Waals surface area contributed by atoms with Crippen molar-refractivity contribution >= 4 is 0 Å². The Morgan fingerprint density at radius 3 is 2.72 bits per heavy atom. The van der Waals surface area contributed by atoms with Gasteiger partial charge in [-0.15, -0.1) is 0 Å². The van der Waals surface area contributed by atoms with Gasteiger partial charge in [0.1, 0.15) is 11.6 Å². The van der Waals surface area contributed by atoms with Gasteiger partial charge in [0.05, 0.1) is 11.7 Å². The van der Waals surface area contributed by atoms with Gasteiger partial charge in [0.25, 0.3) is 0 Å². The fourth-order valence-electron chi connectivity index (χ4n) is 1.91. The molecule has 2 N–H and O–H groups in total. The molecule has 4 heteroatoms. The van der Waals surface area contributed by atoms with Crippen molar-refractivity contribution in [3.05, 3.63) is 65.0 Å². The fraction of sp³-hybridized carbons (Fsp3) is 0.214. The van der Waals surface area contributed by atoms with Crippen molar-refractivity contribution in [3.63, 3.8) is 0 Å². The van der Waals surface area contributed by atoms with Crippen LogP contribution in [0.25, 0.3) is 0 Å². The van der Waals surface area contributed by atoms with Gasteiger partial charge < -0.3 is 5.73 Å². The summed E-state index contributed by atoms with van der Waals surface area (Å²) in [5, 5.41) is 0. The molecule has 1 atom stereocenters. The normalized spacial score (nSPS) is 12.4. The van der Waals surface area contributed by atoms with Crippen LogP contribution in [0.1, 0.15) is 22.9 Å². The topological polar surface area (TPSA) is 38.9 Å². The Hall–Kier alpha value is -1.81. The summed E-state index contributed by atoms with van der Waals surface area (Å²) in [5.41, 5.74) is 8.11. The highest BCUT2D eigenvalue weighted by Gasteiger charge is 2.13. The predicted octanol–water partition coefficient (Wildman–Crippen LogP) is 2.91.